The lowest BCUT2D eigenvalue weighted by molar-refractivity contribution is -0.147. The number of likely N-dealkylation sites (tertiary alicyclic amines) is 2. The molecular weight excluding hydrogens is 352 g/mol. The number of aryl methyl sites for hydroxylation is 1. The number of piperidine rings is 1. The van der Waals surface area contributed by atoms with Crippen molar-refractivity contribution in [3.63, 3.8) is 0 Å². The highest BCUT2D eigenvalue weighted by molar-refractivity contribution is 6.30. The minimum Gasteiger partial charge on any atom is -0.342 e. The molecule has 7 heteroatoms. The van der Waals surface area contributed by atoms with Gasteiger partial charge in [0.25, 0.3) is 0 Å². The summed E-state index contributed by atoms with van der Waals surface area (Å²) in [7, 11) is 0. The van der Waals surface area contributed by atoms with Crippen molar-refractivity contribution in [1.29, 1.82) is 0 Å². The maximum absolute atomic E-state index is 13.1. The molecular formula is C19H27ClN4O2. The third-order valence-corrected chi connectivity index (χ3v) is 6.59. The van der Waals surface area contributed by atoms with Gasteiger partial charge in [0.05, 0.1) is 16.6 Å². The van der Waals surface area contributed by atoms with Gasteiger partial charge in [0.15, 0.2) is 0 Å². The Morgan fingerprint density at radius 1 is 1.27 bits per heavy atom. The fraction of sp³-hybridized carbons (Fsp3) is 0.737. The summed E-state index contributed by atoms with van der Waals surface area (Å²) in [6.07, 6.45) is 10.3. The van der Waals surface area contributed by atoms with Crippen LogP contribution in [0.2, 0.25) is 5.02 Å². The molecule has 2 aliphatic heterocycles. The molecule has 0 bridgehead atoms. The lowest BCUT2D eigenvalue weighted by Crippen LogP contribution is -2.52. The molecule has 1 spiro atoms. The molecule has 0 unspecified atom stereocenters. The minimum atomic E-state index is -0.327. The second kappa shape index (κ2) is 7.22. The Morgan fingerprint density at radius 3 is 2.81 bits per heavy atom. The zero-order valence-electron chi connectivity index (χ0n) is 15.2. The number of aromatic nitrogens is 2. The van der Waals surface area contributed by atoms with E-state index in [1.54, 1.807) is 17.1 Å². The Bertz CT molecular complexity index is 687. The highest BCUT2D eigenvalue weighted by Crippen LogP contribution is 2.41. The highest BCUT2D eigenvalue weighted by Gasteiger charge is 2.49. The maximum atomic E-state index is 13.1. The van der Waals surface area contributed by atoms with Crippen molar-refractivity contribution in [3.05, 3.63) is 17.4 Å². The van der Waals surface area contributed by atoms with Gasteiger partial charge < -0.3 is 9.80 Å². The van der Waals surface area contributed by atoms with Crippen LogP contribution in [0.4, 0.5) is 0 Å². The summed E-state index contributed by atoms with van der Waals surface area (Å²) in [4.78, 5) is 29.7. The summed E-state index contributed by atoms with van der Waals surface area (Å²) in [6, 6.07) is 0. The Kier molecular flexibility index (Phi) is 4.95. The van der Waals surface area contributed by atoms with Crippen molar-refractivity contribution in [2.24, 2.45) is 11.3 Å². The first-order chi connectivity index (χ1) is 12.6. The predicted molar refractivity (Wildman–Crippen MR) is 98.6 cm³/mol. The van der Waals surface area contributed by atoms with Gasteiger partial charge in [-0.2, -0.15) is 5.10 Å². The first kappa shape index (κ1) is 17.8. The molecule has 1 aliphatic carbocycles. The van der Waals surface area contributed by atoms with E-state index in [2.05, 4.69) is 10.00 Å². The molecule has 1 saturated carbocycles. The topological polar surface area (TPSA) is 58.4 Å². The first-order valence-electron chi connectivity index (χ1n) is 9.81. The molecule has 26 heavy (non-hydrogen) atoms. The highest BCUT2D eigenvalue weighted by atomic mass is 35.5. The average Bonchev–Trinajstić information content (AvgIpc) is 3.20. The van der Waals surface area contributed by atoms with Crippen molar-refractivity contribution in [1.82, 2.24) is 19.6 Å². The SMILES string of the molecule is O=C(CCn1cc(Cl)cn1)N1CC[C@]2(CCCN(CC3CCC3)C2=O)C1. The Morgan fingerprint density at radius 2 is 2.12 bits per heavy atom. The molecule has 3 fully saturated rings. The zero-order valence-corrected chi connectivity index (χ0v) is 16.0. The fourth-order valence-electron chi connectivity index (χ4n) is 4.61. The molecule has 3 aliphatic rings. The van der Waals surface area contributed by atoms with Gasteiger partial charge in [-0.15, -0.1) is 0 Å². The smallest absolute Gasteiger partial charge is 0.230 e. The van der Waals surface area contributed by atoms with Gasteiger partial charge in [-0.05, 0) is 38.0 Å². The largest absolute Gasteiger partial charge is 0.342 e. The van der Waals surface area contributed by atoms with Crippen LogP contribution in [0.15, 0.2) is 12.4 Å². The van der Waals surface area contributed by atoms with Crippen LogP contribution in [-0.4, -0.2) is 57.6 Å². The van der Waals surface area contributed by atoms with E-state index in [4.69, 9.17) is 11.6 Å². The van der Waals surface area contributed by atoms with E-state index in [0.29, 0.717) is 42.9 Å². The van der Waals surface area contributed by atoms with Crippen LogP contribution in [0.25, 0.3) is 0 Å². The summed E-state index contributed by atoms with van der Waals surface area (Å²) >= 11 is 5.86. The maximum Gasteiger partial charge on any atom is 0.230 e. The molecule has 0 radical (unpaired) electrons. The van der Waals surface area contributed by atoms with Gasteiger partial charge in [0.1, 0.15) is 0 Å². The van der Waals surface area contributed by atoms with Crippen LogP contribution in [0.3, 0.4) is 0 Å². The number of halogens is 1. The molecule has 4 rings (SSSR count). The van der Waals surface area contributed by atoms with Crippen molar-refractivity contribution >= 4 is 23.4 Å². The lowest BCUT2D eigenvalue weighted by Gasteiger charge is -2.42. The molecule has 2 saturated heterocycles. The Hall–Kier alpha value is -1.56. The summed E-state index contributed by atoms with van der Waals surface area (Å²) < 4.78 is 1.69. The fourth-order valence-corrected chi connectivity index (χ4v) is 4.76. The van der Waals surface area contributed by atoms with Crippen LogP contribution < -0.4 is 0 Å². The van der Waals surface area contributed by atoms with Gasteiger partial charge >= 0.3 is 0 Å². The molecule has 0 N–H and O–H groups in total. The summed E-state index contributed by atoms with van der Waals surface area (Å²) in [5.74, 6) is 1.11. The first-order valence-corrected chi connectivity index (χ1v) is 10.2. The molecule has 0 aromatic carbocycles. The quantitative estimate of drug-likeness (QED) is 0.791. The Balaban J connectivity index is 1.33. The van der Waals surface area contributed by atoms with E-state index in [1.165, 1.54) is 19.3 Å². The molecule has 142 valence electrons. The van der Waals surface area contributed by atoms with Gasteiger partial charge in [0, 0.05) is 45.3 Å². The normalized spacial score (nSPS) is 26.6. The van der Waals surface area contributed by atoms with E-state index in [-0.39, 0.29) is 11.3 Å². The van der Waals surface area contributed by atoms with E-state index < -0.39 is 0 Å². The predicted octanol–water partition coefficient (Wildman–Crippen LogP) is 2.57. The van der Waals surface area contributed by atoms with Crippen molar-refractivity contribution in [3.8, 4) is 0 Å². The number of nitrogens with zero attached hydrogens (tertiary/aromatic N) is 4. The number of carbonyl (C=O) groups excluding carboxylic acids is 2. The second-order valence-electron chi connectivity index (χ2n) is 8.17. The van der Waals surface area contributed by atoms with Crippen molar-refractivity contribution in [2.45, 2.75) is 51.5 Å². The van der Waals surface area contributed by atoms with E-state index >= 15 is 0 Å². The van der Waals surface area contributed by atoms with Crippen LogP contribution in [0.5, 0.6) is 0 Å². The third kappa shape index (κ3) is 3.48. The van der Waals surface area contributed by atoms with Gasteiger partial charge in [-0.25, -0.2) is 0 Å². The van der Waals surface area contributed by atoms with Crippen LogP contribution in [-0.2, 0) is 16.1 Å². The lowest BCUT2D eigenvalue weighted by atomic mass is 9.77. The molecule has 2 amide bonds. The third-order valence-electron chi connectivity index (χ3n) is 6.39. The van der Waals surface area contributed by atoms with Crippen molar-refractivity contribution in [2.75, 3.05) is 26.2 Å². The van der Waals surface area contributed by atoms with E-state index in [1.807, 2.05) is 4.90 Å². The number of rotatable bonds is 5. The molecule has 3 heterocycles. The number of hydrogen-bond acceptors (Lipinski definition) is 3. The van der Waals surface area contributed by atoms with Crippen molar-refractivity contribution < 1.29 is 9.59 Å². The van der Waals surface area contributed by atoms with Crippen LogP contribution in [0, 0.1) is 11.3 Å². The number of amides is 2. The average molecular weight is 379 g/mol. The summed E-state index contributed by atoms with van der Waals surface area (Å²) in [5.41, 5.74) is -0.327. The standard InChI is InChI=1S/C19H27ClN4O2/c20-16-11-21-24(13-16)9-5-17(25)23-10-7-19(14-23)6-2-8-22(18(19)26)12-15-3-1-4-15/h11,13,15H,1-10,12,14H2/t19-/m1/s1. The summed E-state index contributed by atoms with van der Waals surface area (Å²) in [6.45, 7) is 3.63. The van der Waals surface area contributed by atoms with Gasteiger partial charge in [0.2, 0.25) is 11.8 Å². The minimum absolute atomic E-state index is 0.109. The number of carbonyl (C=O) groups is 2. The van der Waals surface area contributed by atoms with E-state index in [9.17, 15) is 9.59 Å². The molecule has 6 nitrogen and oxygen atoms in total. The zero-order chi connectivity index (χ0) is 18.1. The van der Waals surface area contributed by atoms with E-state index in [0.717, 1.165) is 32.4 Å². The molecule has 1 atom stereocenters. The van der Waals surface area contributed by atoms with Gasteiger partial charge in [-0.3, -0.25) is 14.3 Å². The van der Waals surface area contributed by atoms with Gasteiger partial charge in [-0.1, -0.05) is 18.0 Å². The second-order valence-corrected chi connectivity index (χ2v) is 8.61. The molecule has 1 aromatic heterocycles. The summed E-state index contributed by atoms with van der Waals surface area (Å²) in [5, 5.41) is 4.69. The van der Waals surface area contributed by atoms with Crippen LogP contribution >= 0.6 is 11.6 Å². The van der Waals surface area contributed by atoms with Crippen LogP contribution in [0.1, 0.15) is 44.9 Å². The monoisotopic (exact) mass is 378 g/mol. The molecule has 1 aromatic rings. The number of hydrogen-bond donors (Lipinski definition) is 0. The Labute approximate surface area is 159 Å².